The minimum Gasteiger partial charge on any atom is -0.491 e. The molecule has 2 heterocycles. The maximum Gasteiger partial charge on any atom is 0.145 e. The molecule has 1 unspecified atom stereocenters. The van der Waals surface area contributed by atoms with E-state index < -0.39 is 0 Å². The zero-order valence-electron chi connectivity index (χ0n) is 16.4. The zero-order valence-corrected chi connectivity index (χ0v) is 16.4. The molecule has 0 bridgehead atoms. The van der Waals surface area contributed by atoms with Gasteiger partial charge < -0.3 is 18.9 Å². The molecule has 30 heavy (non-hydrogen) atoms. The average Bonchev–Trinajstić information content (AvgIpc) is 3.60. The second kappa shape index (κ2) is 8.65. The van der Waals surface area contributed by atoms with Gasteiger partial charge in [0, 0.05) is 0 Å². The summed E-state index contributed by atoms with van der Waals surface area (Å²) in [5, 5.41) is 8.63. The number of rotatable bonds is 8. The number of nitrogens with zero attached hydrogens (tertiary/aromatic N) is 2. The summed E-state index contributed by atoms with van der Waals surface area (Å²) in [6.45, 7) is 2.73. The largest absolute Gasteiger partial charge is 0.491 e. The van der Waals surface area contributed by atoms with E-state index in [1.807, 2.05) is 60.7 Å². The number of epoxide rings is 1. The van der Waals surface area contributed by atoms with Gasteiger partial charge in [0.25, 0.3) is 0 Å². The maximum atomic E-state index is 5.75. The van der Waals surface area contributed by atoms with Gasteiger partial charge in [0.2, 0.25) is 0 Å². The Labute approximate surface area is 175 Å². The Morgan fingerprint density at radius 3 is 1.77 bits per heavy atom. The van der Waals surface area contributed by atoms with Crippen molar-refractivity contribution in [1.82, 2.24) is 0 Å². The van der Waals surface area contributed by atoms with Crippen molar-refractivity contribution < 1.29 is 18.9 Å². The van der Waals surface area contributed by atoms with E-state index in [4.69, 9.17) is 18.9 Å². The van der Waals surface area contributed by atoms with Crippen molar-refractivity contribution in [3.8, 4) is 22.6 Å². The molecule has 2 aliphatic heterocycles. The summed E-state index contributed by atoms with van der Waals surface area (Å²) < 4.78 is 21.7. The molecule has 3 aromatic carbocycles. The Morgan fingerprint density at radius 2 is 1.23 bits per heavy atom. The van der Waals surface area contributed by atoms with Crippen LogP contribution in [0.2, 0.25) is 0 Å². The number of hydrogen-bond donors (Lipinski definition) is 0. The number of ether oxygens (including phenoxy) is 4. The predicted molar refractivity (Wildman–Crippen MR) is 113 cm³/mol. The van der Waals surface area contributed by atoms with Gasteiger partial charge in [0.1, 0.15) is 30.3 Å². The fraction of sp³-hybridized carbons (Fsp3) is 0.250. The Balaban J connectivity index is 1.18. The van der Waals surface area contributed by atoms with Gasteiger partial charge in [-0.05, 0) is 59.7 Å². The van der Waals surface area contributed by atoms with Crippen LogP contribution >= 0.6 is 0 Å². The molecule has 0 amide bonds. The molecule has 6 nitrogen and oxygen atoms in total. The minimum absolute atomic E-state index is 0.164. The van der Waals surface area contributed by atoms with E-state index >= 15 is 0 Å². The molecule has 0 spiro atoms. The van der Waals surface area contributed by atoms with E-state index in [2.05, 4.69) is 22.4 Å². The van der Waals surface area contributed by atoms with E-state index in [1.165, 1.54) is 0 Å². The van der Waals surface area contributed by atoms with Gasteiger partial charge in [-0.3, -0.25) is 0 Å². The van der Waals surface area contributed by atoms with Crippen LogP contribution in [0, 0.1) is 0 Å². The highest BCUT2D eigenvalue weighted by Gasteiger charge is 2.23. The molecule has 0 saturated carbocycles. The van der Waals surface area contributed by atoms with E-state index in [0.29, 0.717) is 19.8 Å². The summed E-state index contributed by atoms with van der Waals surface area (Å²) in [5.74, 6) is 1.68. The summed E-state index contributed by atoms with van der Waals surface area (Å²) in [4.78, 5) is 0. The third kappa shape index (κ3) is 4.84. The molecule has 1 atom stereocenters. The molecule has 2 fully saturated rings. The first-order chi connectivity index (χ1) is 14.8. The SMILES string of the molecule is c1cc(OC2COC2)ccc1N=Nc1ccc(-c2ccc(OCC3CO3)cc2)cc1. The topological polar surface area (TPSA) is 64.9 Å². The van der Waals surface area contributed by atoms with E-state index in [0.717, 1.165) is 40.6 Å². The molecule has 0 radical (unpaired) electrons. The fourth-order valence-corrected chi connectivity index (χ4v) is 3.00. The van der Waals surface area contributed by atoms with Crippen LogP contribution in [0.1, 0.15) is 0 Å². The van der Waals surface area contributed by atoms with Crippen LogP contribution in [0.5, 0.6) is 11.5 Å². The lowest BCUT2D eigenvalue weighted by Gasteiger charge is -2.26. The first-order valence-electron chi connectivity index (χ1n) is 10.0. The summed E-state index contributed by atoms with van der Waals surface area (Å²) in [6, 6.07) is 23.7. The summed E-state index contributed by atoms with van der Waals surface area (Å²) in [5.41, 5.74) is 3.83. The van der Waals surface area contributed by atoms with Crippen molar-refractivity contribution in [2.75, 3.05) is 26.4 Å². The first kappa shape index (κ1) is 18.8. The highest BCUT2D eigenvalue weighted by atomic mass is 16.6. The normalized spacial score (nSPS) is 18.2. The van der Waals surface area contributed by atoms with E-state index in [1.54, 1.807) is 0 Å². The fourth-order valence-electron chi connectivity index (χ4n) is 3.00. The Morgan fingerprint density at radius 1 is 0.700 bits per heavy atom. The van der Waals surface area contributed by atoms with Crippen LogP contribution in [0.25, 0.3) is 11.1 Å². The quantitative estimate of drug-likeness (QED) is 0.378. The zero-order chi connectivity index (χ0) is 20.2. The summed E-state index contributed by atoms with van der Waals surface area (Å²) >= 11 is 0. The number of benzene rings is 3. The molecular weight excluding hydrogens is 380 g/mol. The Hall–Kier alpha value is -3.22. The van der Waals surface area contributed by atoms with Crippen LogP contribution in [-0.2, 0) is 9.47 Å². The van der Waals surface area contributed by atoms with Crippen LogP contribution < -0.4 is 9.47 Å². The van der Waals surface area contributed by atoms with Crippen molar-refractivity contribution in [3.05, 3.63) is 72.8 Å². The maximum absolute atomic E-state index is 5.75. The smallest absolute Gasteiger partial charge is 0.145 e. The van der Waals surface area contributed by atoms with Crippen LogP contribution in [-0.4, -0.2) is 38.6 Å². The predicted octanol–water partition coefficient (Wildman–Crippen LogP) is 5.32. The Bertz CT molecular complexity index is 993. The summed E-state index contributed by atoms with van der Waals surface area (Å²) in [7, 11) is 0. The van der Waals surface area contributed by atoms with Gasteiger partial charge in [-0.1, -0.05) is 24.3 Å². The standard InChI is InChI=1S/C24H22N2O4/c1-5-19(25-26-20-7-11-22(12-8-20)30-24-13-27-14-24)6-2-17(1)18-3-9-21(10-4-18)28-15-23-16-29-23/h1-12,23-24H,13-16H2. The molecule has 2 aliphatic rings. The lowest BCUT2D eigenvalue weighted by atomic mass is 10.1. The van der Waals surface area contributed by atoms with Gasteiger partial charge in [-0.2, -0.15) is 10.2 Å². The highest BCUT2D eigenvalue weighted by Crippen LogP contribution is 2.27. The van der Waals surface area contributed by atoms with E-state index in [-0.39, 0.29) is 12.2 Å². The monoisotopic (exact) mass is 402 g/mol. The molecule has 3 aromatic rings. The van der Waals surface area contributed by atoms with Gasteiger partial charge in [-0.25, -0.2) is 0 Å². The molecule has 6 heteroatoms. The van der Waals surface area contributed by atoms with Crippen LogP contribution in [0.15, 0.2) is 83.0 Å². The lowest BCUT2D eigenvalue weighted by Crippen LogP contribution is -2.38. The van der Waals surface area contributed by atoms with Crippen molar-refractivity contribution in [3.63, 3.8) is 0 Å². The lowest BCUT2D eigenvalue weighted by molar-refractivity contribution is -0.0796. The van der Waals surface area contributed by atoms with Crippen molar-refractivity contribution in [2.24, 2.45) is 10.2 Å². The van der Waals surface area contributed by atoms with Gasteiger partial charge in [0.05, 0.1) is 31.2 Å². The van der Waals surface area contributed by atoms with Crippen LogP contribution in [0.3, 0.4) is 0 Å². The summed E-state index contributed by atoms with van der Waals surface area (Å²) in [6.07, 6.45) is 0.428. The molecule has 0 aromatic heterocycles. The first-order valence-corrected chi connectivity index (χ1v) is 10.0. The number of hydrogen-bond acceptors (Lipinski definition) is 6. The van der Waals surface area contributed by atoms with Crippen LogP contribution in [0.4, 0.5) is 11.4 Å². The molecule has 5 rings (SSSR count). The van der Waals surface area contributed by atoms with Crippen molar-refractivity contribution in [1.29, 1.82) is 0 Å². The van der Waals surface area contributed by atoms with Gasteiger partial charge in [-0.15, -0.1) is 0 Å². The average molecular weight is 402 g/mol. The minimum atomic E-state index is 0.164. The van der Waals surface area contributed by atoms with E-state index in [9.17, 15) is 0 Å². The second-order valence-corrected chi connectivity index (χ2v) is 7.31. The molecule has 2 saturated heterocycles. The molecule has 152 valence electrons. The molecular formula is C24H22N2O4. The van der Waals surface area contributed by atoms with Crippen molar-refractivity contribution in [2.45, 2.75) is 12.2 Å². The molecule has 0 aliphatic carbocycles. The second-order valence-electron chi connectivity index (χ2n) is 7.31. The molecule has 0 N–H and O–H groups in total. The van der Waals surface area contributed by atoms with Gasteiger partial charge in [0.15, 0.2) is 0 Å². The highest BCUT2D eigenvalue weighted by molar-refractivity contribution is 5.66. The Kier molecular flexibility index (Phi) is 5.42. The van der Waals surface area contributed by atoms with Crippen molar-refractivity contribution >= 4 is 11.4 Å². The third-order valence-corrected chi connectivity index (χ3v) is 4.92. The third-order valence-electron chi connectivity index (χ3n) is 4.92. The van der Waals surface area contributed by atoms with Gasteiger partial charge >= 0.3 is 0 Å². The number of azo groups is 1.